The molecule has 1 aromatic heterocycles. The molecule has 3 aromatic rings. The van der Waals surface area contributed by atoms with Crippen molar-refractivity contribution < 1.29 is 14.6 Å². The zero-order valence-electron chi connectivity index (χ0n) is 18.9. The molecule has 5 rings (SSSR count). The van der Waals surface area contributed by atoms with Crippen molar-refractivity contribution in [3.05, 3.63) is 66.5 Å². The summed E-state index contributed by atoms with van der Waals surface area (Å²) in [5, 5.41) is 17.5. The number of hydrogen-bond acceptors (Lipinski definition) is 5. The number of hydrogen-bond donors (Lipinski definition) is 2. The molecule has 7 nitrogen and oxygen atoms in total. The number of fused-ring (bicyclic) bond motifs is 1. The van der Waals surface area contributed by atoms with Crippen LogP contribution in [0.25, 0.3) is 11.1 Å². The maximum atomic E-state index is 13.0. The van der Waals surface area contributed by atoms with E-state index in [-0.39, 0.29) is 11.9 Å². The summed E-state index contributed by atoms with van der Waals surface area (Å²) >= 11 is 0. The van der Waals surface area contributed by atoms with Crippen LogP contribution in [-0.4, -0.2) is 45.6 Å². The topological polar surface area (TPSA) is 79.6 Å². The van der Waals surface area contributed by atoms with Gasteiger partial charge >= 0.3 is 0 Å². The second-order valence-electron chi connectivity index (χ2n) is 9.02. The van der Waals surface area contributed by atoms with Gasteiger partial charge in [0.2, 0.25) is 0 Å². The van der Waals surface area contributed by atoms with Crippen LogP contribution in [0.3, 0.4) is 0 Å². The number of benzene rings is 2. The number of nitrogens with one attached hydrogen (secondary N) is 1. The number of aryl methyl sites for hydroxylation is 1. The van der Waals surface area contributed by atoms with E-state index in [1.807, 2.05) is 43.7 Å². The zero-order valence-corrected chi connectivity index (χ0v) is 18.9. The summed E-state index contributed by atoms with van der Waals surface area (Å²) in [5.74, 6) is 0.549. The van der Waals surface area contributed by atoms with E-state index in [9.17, 15) is 9.90 Å². The average molecular weight is 447 g/mol. The first-order valence-corrected chi connectivity index (χ1v) is 11.6. The van der Waals surface area contributed by atoms with E-state index in [0.717, 1.165) is 48.1 Å². The molecule has 1 unspecified atom stereocenters. The Labute approximate surface area is 194 Å². The number of ether oxygens (including phenoxy) is 1. The van der Waals surface area contributed by atoms with Crippen LogP contribution >= 0.6 is 0 Å². The Balaban J connectivity index is 1.31. The molecule has 0 spiro atoms. The molecule has 2 heterocycles. The Morgan fingerprint density at radius 2 is 1.91 bits per heavy atom. The van der Waals surface area contributed by atoms with Crippen LogP contribution in [0, 0.1) is 0 Å². The van der Waals surface area contributed by atoms with E-state index in [0.29, 0.717) is 18.8 Å². The summed E-state index contributed by atoms with van der Waals surface area (Å²) < 4.78 is 7.87. The number of aliphatic hydroxyl groups excluding tert-OH is 1. The Morgan fingerprint density at radius 3 is 2.67 bits per heavy atom. The third-order valence-electron chi connectivity index (χ3n) is 6.58. The number of aliphatic hydroxyl groups is 1. The summed E-state index contributed by atoms with van der Waals surface area (Å²) in [4.78, 5) is 15.2. The molecular weight excluding hydrogens is 416 g/mol. The number of nitrogens with zero attached hydrogens (tertiary/aromatic N) is 3. The predicted molar refractivity (Wildman–Crippen MR) is 127 cm³/mol. The predicted octanol–water partition coefficient (Wildman–Crippen LogP) is 3.27. The van der Waals surface area contributed by atoms with E-state index < -0.39 is 12.2 Å². The molecule has 1 saturated carbocycles. The molecule has 172 valence electrons. The fourth-order valence-corrected chi connectivity index (χ4v) is 4.74. The quantitative estimate of drug-likeness (QED) is 0.629. The standard InChI is InChI=1S/C26H30N4O3/c1-29-16-20(14-27-29)19-12-10-18(11-13-19)15-30-17-25(33-24-9-5-3-7-22(24)30)26(32)28-21-6-2-4-8-23(21)31/h3,5,7,9-14,16,21,23,25,31H,2,4,6,8,15,17H2,1H3,(H,28,32)/t21-,23-,25?/m0/s1. The van der Waals surface area contributed by atoms with Crippen LogP contribution in [0.4, 0.5) is 5.69 Å². The van der Waals surface area contributed by atoms with E-state index in [1.54, 1.807) is 4.68 Å². The van der Waals surface area contributed by atoms with Gasteiger partial charge in [0.25, 0.3) is 5.91 Å². The van der Waals surface area contributed by atoms with Crippen molar-refractivity contribution in [2.45, 2.75) is 50.5 Å². The van der Waals surface area contributed by atoms with Crippen molar-refractivity contribution in [1.29, 1.82) is 0 Å². The van der Waals surface area contributed by atoms with Crippen molar-refractivity contribution in [3.63, 3.8) is 0 Å². The molecule has 2 N–H and O–H groups in total. The van der Waals surface area contributed by atoms with E-state index in [4.69, 9.17) is 4.74 Å². The third kappa shape index (κ3) is 4.73. The van der Waals surface area contributed by atoms with Gasteiger partial charge in [-0.15, -0.1) is 0 Å². The van der Waals surface area contributed by atoms with Gasteiger partial charge in [0.15, 0.2) is 6.10 Å². The Kier molecular flexibility index (Phi) is 6.05. The smallest absolute Gasteiger partial charge is 0.263 e. The van der Waals surface area contributed by atoms with Crippen LogP contribution in [0.15, 0.2) is 60.9 Å². The summed E-state index contributed by atoms with van der Waals surface area (Å²) in [6.07, 6.45) is 6.34. The molecule has 3 atom stereocenters. The first-order valence-electron chi connectivity index (χ1n) is 11.6. The van der Waals surface area contributed by atoms with Crippen molar-refractivity contribution in [2.24, 2.45) is 7.05 Å². The number of amides is 1. The lowest BCUT2D eigenvalue weighted by Gasteiger charge is -2.37. The van der Waals surface area contributed by atoms with Gasteiger partial charge in [0, 0.05) is 25.4 Å². The highest BCUT2D eigenvalue weighted by atomic mass is 16.5. The number of para-hydroxylation sites is 2. The van der Waals surface area contributed by atoms with Gasteiger partial charge in [0.05, 0.1) is 30.6 Å². The van der Waals surface area contributed by atoms with Crippen LogP contribution < -0.4 is 15.0 Å². The lowest BCUT2D eigenvalue weighted by molar-refractivity contribution is -0.129. The van der Waals surface area contributed by atoms with E-state index in [2.05, 4.69) is 39.6 Å². The highest BCUT2D eigenvalue weighted by molar-refractivity contribution is 5.83. The first-order chi connectivity index (χ1) is 16.1. The molecule has 1 fully saturated rings. The van der Waals surface area contributed by atoms with Crippen molar-refractivity contribution >= 4 is 11.6 Å². The molecule has 7 heteroatoms. The lowest BCUT2D eigenvalue weighted by atomic mass is 9.92. The van der Waals surface area contributed by atoms with Gasteiger partial charge in [0.1, 0.15) is 5.75 Å². The molecule has 1 aliphatic carbocycles. The maximum absolute atomic E-state index is 13.0. The Morgan fingerprint density at radius 1 is 1.12 bits per heavy atom. The fourth-order valence-electron chi connectivity index (χ4n) is 4.74. The largest absolute Gasteiger partial charge is 0.477 e. The second-order valence-corrected chi connectivity index (χ2v) is 9.02. The molecule has 0 bridgehead atoms. The Bertz CT molecular complexity index is 1110. The van der Waals surface area contributed by atoms with Crippen molar-refractivity contribution in [2.75, 3.05) is 11.4 Å². The first kappa shape index (κ1) is 21.5. The second kappa shape index (κ2) is 9.27. The highest BCUT2D eigenvalue weighted by Gasteiger charge is 2.33. The van der Waals surface area contributed by atoms with Crippen molar-refractivity contribution in [3.8, 4) is 16.9 Å². The summed E-state index contributed by atoms with van der Waals surface area (Å²) in [7, 11) is 1.91. The van der Waals surface area contributed by atoms with Gasteiger partial charge in [-0.1, -0.05) is 49.2 Å². The molecule has 1 amide bonds. The van der Waals surface area contributed by atoms with Gasteiger partial charge in [-0.2, -0.15) is 5.10 Å². The molecular formula is C26H30N4O3. The lowest BCUT2D eigenvalue weighted by Crippen LogP contribution is -2.54. The number of anilines is 1. The Hall–Kier alpha value is -3.32. The average Bonchev–Trinajstić information content (AvgIpc) is 3.27. The molecule has 2 aromatic carbocycles. The van der Waals surface area contributed by atoms with Crippen LogP contribution in [0.2, 0.25) is 0 Å². The maximum Gasteiger partial charge on any atom is 0.263 e. The minimum absolute atomic E-state index is 0.160. The molecule has 1 aliphatic heterocycles. The summed E-state index contributed by atoms with van der Waals surface area (Å²) in [6, 6.07) is 16.1. The van der Waals surface area contributed by atoms with Gasteiger partial charge < -0.3 is 20.1 Å². The minimum Gasteiger partial charge on any atom is -0.477 e. The molecule has 33 heavy (non-hydrogen) atoms. The number of carbonyl (C=O) groups is 1. The number of rotatable bonds is 5. The summed E-state index contributed by atoms with van der Waals surface area (Å²) in [5.41, 5.74) is 4.34. The fraction of sp³-hybridized carbons (Fsp3) is 0.385. The van der Waals surface area contributed by atoms with E-state index >= 15 is 0 Å². The molecule has 0 radical (unpaired) electrons. The van der Waals surface area contributed by atoms with Crippen LogP contribution in [0.5, 0.6) is 5.75 Å². The zero-order chi connectivity index (χ0) is 22.8. The number of aromatic nitrogens is 2. The van der Waals surface area contributed by atoms with Crippen LogP contribution in [0.1, 0.15) is 31.2 Å². The molecule has 0 saturated heterocycles. The highest BCUT2D eigenvalue weighted by Crippen LogP contribution is 2.34. The van der Waals surface area contributed by atoms with Crippen molar-refractivity contribution in [1.82, 2.24) is 15.1 Å². The van der Waals surface area contributed by atoms with Gasteiger partial charge in [-0.3, -0.25) is 9.48 Å². The summed E-state index contributed by atoms with van der Waals surface area (Å²) in [6.45, 7) is 1.12. The number of carbonyl (C=O) groups excluding carboxylic acids is 1. The van der Waals surface area contributed by atoms with E-state index in [1.165, 1.54) is 0 Å². The third-order valence-corrected chi connectivity index (χ3v) is 6.58. The van der Waals surface area contributed by atoms with Gasteiger partial charge in [-0.05, 0) is 36.1 Å². The normalized spacial score (nSPS) is 22.4. The SMILES string of the molecule is Cn1cc(-c2ccc(CN3CC(C(=O)N[C@H]4CCCC[C@@H]4O)Oc4ccccc43)cc2)cn1. The van der Waals surface area contributed by atoms with Gasteiger partial charge in [-0.25, -0.2) is 0 Å². The monoisotopic (exact) mass is 446 g/mol. The molecule has 2 aliphatic rings. The minimum atomic E-state index is -0.622. The van der Waals surface area contributed by atoms with Crippen LogP contribution in [-0.2, 0) is 18.4 Å².